The van der Waals surface area contributed by atoms with Crippen molar-refractivity contribution in [1.29, 1.82) is 0 Å². The maximum atomic E-state index is 12.5. The molecule has 5 unspecified atom stereocenters. The van der Waals surface area contributed by atoms with Crippen molar-refractivity contribution >= 4 is 30.1 Å². The van der Waals surface area contributed by atoms with Crippen LogP contribution in [-0.4, -0.2) is 42.6 Å². The zero-order chi connectivity index (χ0) is 24.8. The van der Waals surface area contributed by atoms with E-state index in [-0.39, 0.29) is 16.7 Å². The summed E-state index contributed by atoms with van der Waals surface area (Å²) in [6, 6.07) is 0. The van der Waals surface area contributed by atoms with Crippen LogP contribution in [0.15, 0.2) is 23.0 Å². The monoisotopic (exact) mass is 604 g/mol. The molecular formula is C28H45IO4S. The summed E-state index contributed by atoms with van der Waals surface area (Å²) in [5.74, 6) is 2.65. The van der Waals surface area contributed by atoms with Gasteiger partial charge in [0.15, 0.2) is 5.79 Å². The number of rotatable bonds is 4. The lowest BCUT2D eigenvalue weighted by atomic mass is 9.48. The van der Waals surface area contributed by atoms with Crippen molar-refractivity contribution in [1.82, 2.24) is 0 Å². The quantitative estimate of drug-likeness (QED) is 0.267. The van der Waals surface area contributed by atoms with Gasteiger partial charge in [-0.1, -0.05) is 54.7 Å². The summed E-state index contributed by atoms with van der Waals surface area (Å²) in [7, 11) is 3.54. The Kier molecular flexibility index (Phi) is 8.17. The highest BCUT2D eigenvalue weighted by atomic mass is 127. The van der Waals surface area contributed by atoms with E-state index in [0.717, 1.165) is 69.7 Å². The van der Waals surface area contributed by atoms with Crippen LogP contribution in [0.3, 0.4) is 0 Å². The van der Waals surface area contributed by atoms with Gasteiger partial charge in [0.05, 0.1) is 31.7 Å². The third kappa shape index (κ3) is 4.23. The Labute approximate surface area is 223 Å². The minimum Gasteiger partial charge on any atom is -0.501 e. The molecular weight excluding hydrogens is 559 g/mol. The Morgan fingerprint density at radius 3 is 2.53 bits per heavy atom. The molecule has 0 bridgehead atoms. The third-order valence-electron chi connectivity index (χ3n) is 9.53. The molecule has 34 heavy (non-hydrogen) atoms. The van der Waals surface area contributed by atoms with Gasteiger partial charge in [-0.05, 0) is 77.6 Å². The highest BCUT2D eigenvalue weighted by molar-refractivity contribution is 14.2. The van der Waals surface area contributed by atoms with Crippen molar-refractivity contribution in [2.75, 3.05) is 26.1 Å². The van der Waals surface area contributed by atoms with Crippen LogP contribution in [0.1, 0.15) is 86.0 Å². The van der Waals surface area contributed by atoms with Crippen LogP contribution in [-0.2, 0) is 14.2 Å². The zero-order valence-corrected chi connectivity index (χ0v) is 25.0. The van der Waals surface area contributed by atoms with Crippen molar-refractivity contribution < 1.29 is 19.3 Å². The molecule has 1 saturated heterocycles. The van der Waals surface area contributed by atoms with E-state index < -0.39 is 11.4 Å². The van der Waals surface area contributed by atoms with Crippen molar-refractivity contribution in [3.8, 4) is 0 Å². The van der Waals surface area contributed by atoms with Gasteiger partial charge in [-0.3, -0.25) is 0 Å². The first-order chi connectivity index (χ1) is 16.2. The van der Waals surface area contributed by atoms with Gasteiger partial charge >= 0.3 is 0 Å². The fourth-order valence-electron chi connectivity index (χ4n) is 8.17. The first kappa shape index (κ1) is 27.3. The van der Waals surface area contributed by atoms with E-state index in [1.807, 2.05) is 13.8 Å². The molecule has 6 heteroatoms. The van der Waals surface area contributed by atoms with Crippen LogP contribution in [0.5, 0.6) is 0 Å². The summed E-state index contributed by atoms with van der Waals surface area (Å²) >= 11 is 2.37. The average Bonchev–Trinajstić information content (AvgIpc) is 3.15. The second kappa shape index (κ2) is 10.2. The molecule has 0 aromatic carbocycles. The summed E-state index contributed by atoms with van der Waals surface area (Å²) in [6.45, 7) is 12.3. The lowest BCUT2D eigenvalue weighted by Gasteiger charge is -2.62. The summed E-state index contributed by atoms with van der Waals surface area (Å²) in [6.07, 6.45) is 10.4. The zero-order valence-electron chi connectivity index (χ0n) is 22.0. The SMILES string of the molecule is CC.CCC12CC(O)(CSI)C3C4=C(CCC3C1CCC21OCC(C)(C)CO1)CC(OC)=CC4. The molecule has 1 spiro atoms. The van der Waals surface area contributed by atoms with Crippen molar-refractivity contribution in [3.63, 3.8) is 0 Å². The average molecular weight is 605 g/mol. The largest absolute Gasteiger partial charge is 0.501 e. The van der Waals surface area contributed by atoms with Crippen LogP contribution in [0.2, 0.25) is 0 Å². The fourth-order valence-corrected chi connectivity index (χ4v) is 10.3. The molecule has 0 radical (unpaired) electrons. The van der Waals surface area contributed by atoms with Crippen LogP contribution in [0, 0.1) is 28.6 Å². The number of hydrogen-bond donors (Lipinski definition) is 1. The summed E-state index contributed by atoms with van der Waals surface area (Å²) in [4.78, 5) is 0. The standard InChI is InChI=1S/C26H39IO4S.C2H6/c1-5-24-13-25(28,16-32-27)22-19-9-7-18(29-4)12-17(19)6-8-20(22)21(24)10-11-26(24)30-14-23(2,3)15-31-26;1-2/h7,20-22,28H,5-6,8-16H2,1-4H3;1-2H3. The van der Waals surface area contributed by atoms with Crippen LogP contribution >= 0.6 is 30.1 Å². The van der Waals surface area contributed by atoms with E-state index in [1.54, 1.807) is 16.0 Å². The maximum absolute atomic E-state index is 12.5. The molecule has 194 valence electrons. The minimum atomic E-state index is -0.723. The molecule has 5 aliphatic rings. The molecule has 4 nitrogen and oxygen atoms in total. The van der Waals surface area contributed by atoms with Gasteiger partial charge in [-0.15, -0.1) is 0 Å². The number of aliphatic hydroxyl groups is 1. The van der Waals surface area contributed by atoms with Gasteiger partial charge in [-0.25, -0.2) is 0 Å². The van der Waals surface area contributed by atoms with Gasteiger partial charge in [-0.2, -0.15) is 0 Å². The molecule has 0 aromatic rings. The maximum Gasteiger partial charge on any atom is 0.174 e. The van der Waals surface area contributed by atoms with Crippen molar-refractivity contribution in [2.45, 2.75) is 97.4 Å². The normalized spacial score (nSPS) is 39.9. The van der Waals surface area contributed by atoms with Gasteiger partial charge < -0.3 is 19.3 Å². The topological polar surface area (TPSA) is 47.9 Å². The minimum absolute atomic E-state index is 0.0574. The smallest absolute Gasteiger partial charge is 0.174 e. The molecule has 2 saturated carbocycles. The number of methoxy groups -OCH3 is 1. The second-order valence-electron chi connectivity index (χ2n) is 11.7. The molecule has 0 amide bonds. The molecule has 1 heterocycles. The Hall–Kier alpha value is 0.240. The fraction of sp³-hybridized carbons (Fsp3) is 0.857. The Morgan fingerprint density at radius 1 is 1.21 bits per heavy atom. The molecule has 5 atom stereocenters. The molecule has 1 N–H and O–H groups in total. The molecule has 0 aromatic heterocycles. The van der Waals surface area contributed by atoms with Crippen molar-refractivity contribution in [3.05, 3.63) is 23.0 Å². The number of hydrogen-bond acceptors (Lipinski definition) is 5. The van der Waals surface area contributed by atoms with E-state index in [1.165, 1.54) is 17.6 Å². The third-order valence-corrected chi connectivity index (χ3v) is 11.1. The van der Waals surface area contributed by atoms with E-state index >= 15 is 0 Å². The lowest BCUT2D eigenvalue weighted by molar-refractivity contribution is -0.358. The Morgan fingerprint density at radius 2 is 1.91 bits per heavy atom. The Balaban J connectivity index is 0.00000133. The molecule has 4 aliphatic carbocycles. The molecule has 3 fully saturated rings. The summed E-state index contributed by atoms with van der Waals surface area (Å²) in [5.41, 5.74) is 2.28. The van der Waals surface area contributed by atoms with Crippen LogP contribution in [0.4, 0.5) is 0 Å². The second-order valence-corrected chi connectivity index (χ2v) is 14.1. The van der Waals surface area contributed by atoms with Crippen LogP contribution in [0.25, 0.3) is 0 Å². The van der Waals surface area contributed by atoms with Crippen molar-refractivity contribution in [2.24, 2.45) is 28.6 Å². The number of halogens is 1. The van der Waals surface area contributed by atoms with E-state index in [2.05, 4.69) is 48.1 Å². The predicted octanol–water partition coefficient (Wildman–Crippen LogP) is 7.45. The lowest BCUT2D eigenvalue weighted by Crippen LogP contribution is -2.65. The number of allylic oxidation sites excluding steroid dienone is 2. The first-order valence-electron chi connectivity index (χ1n) is 13.4. The highest BCUT2D eigenvalue weighted by Gasteiger charge is 2.71. The van der Waals surface area contributed by atoms with Gasteiger partial charge in [0.25, 0.3) is 0 Å². The predicted molar refractivity (Wildman–Crippen MR) is 149 cm³/mol. The Bertz CT molecular complexity index is 813. The number of fused-ring (bicyclic) bond motifs is 5. The van der Waals surface area contributed by atoms with Gasteiger partial charge in [0, 0.05) is 35.3 Å². The summed E-state index contributed by atoms with van der Waals surface area (Å²) in [5, 5.41) is 12.5. The molecule has 1 aliphatic heterocycles. The van der Waals surface area contributed by atoms with Gasteiger partial charge in [0.1, 0.15) is 0 Å². The molecule has 5 rings (SSSR count). The van der Waals surface area contributed by atoms with E-state index in [0.29, 0.717) is 11.8 Å². The first-order valence-corrected chi connectivity index (χ1v) is 16.9. The van der Waals surface area contributed by atoms with E-state index in [9.17, 15) is 5.11 Å². The highest BCUT2D eigenvalue weighted by Crippen LogP contribution is 2.70. The number of ether oxygens (including phenoxy) is 3. The van der Waals surface area contributed by atoms with Gasteiger partial charge in [0.2, 0.25) is 0 Å². The van der Waals surface area contributed by atoms with Crippen LogP contribution < -0.4 is 0 Å². The van der Waals surface area contributed by atoms with E-state index in [4.69, 9.17) is 14.2 Å². The summed E-state index contributed by atoms with van der Waals surface area (Å²) < 4.78 is 19.0.